The van der Waals surface area contributed by atoms with Crippen molar-refractivity contribution in [2.24, 2.45) is 11.3 Å². The number of carbonyl (C=O) groups is 2. The molecule has 108 valence electrons. The zero-order chi connectivity index (χ0) is 14.2. The van der Waals surface area contributed by atoms with Gasteiger partial charge in [-0.25, -0.2) is 0 Å². The van der Waals surface area contributed by atoms with Crippen LogP contribution in [0.25, 0.3) is 0 Å². The predicted molar refractivity (Wildman–Crippen MR) is 71.7 cm³/mol. The van der Waals surface area contributed by atoms with Gasteiger partial charge in [0.05, 0.1) is 11.5 Å². The molecule has 2 fully saturated rings. The second-order valence-electron chi connectivity index (χ2n) is 6.30. The van der Waals surface area contributed by atoms with Crippen LogP contribution in [-0.2, 0) is 9.59 Å². The molecule has 5 nitrogen and oxygen atoms in total. The molecule has 1 heterocycles. The molecule has 0 aromatic carbocycles. The van der Waals surface area contributed by atoms with Crippen molar-refractivity contribution in [1.82, 2.24) is 10.2 Å². The number of nitrogens with one attached hydrogen (secondary N) is 1. The second kappa shape index (κ2) is 5.12. The highest BCUT2D eigenvalue weighted by Gasteiger charge is 2.48. The number of rotatable bonds is 5. The van der Waals surface area contributed by atoms with Gasteiger partial charge in [0, 0.05) is 19.1 Å². The summed E-state index contributed by atoms with van der Waals surface area (Å²) in [6.45, 7) is 6.93. The molecule has 0 spiro atoms. The van der Waals surface area contributed by atoms with E-state index in [0.717, 1.165) is 12.8 Å². The van der Waals surface area contributed by atoms with Crippen molar-refractivity contribution in [2.45, 2.75) is 52.1 Å². The molecule has 2 N–H and O–H groups in total. The number of carboxylic acid groups (broad SMARTS) is 1. The van der Waals surface area contributed by atoms with Crippen LogP contribution in [0.15, 0.2) is 0 Å². The molecule has 2 rings (SSSR count). The molecule has 2 aliphatic rings. The number of aliphatic carboxylic acids is 1. The third kappa shape index (κ3) is 2.76. The molecule has 19 heavy (non-hydrogen) atoms. The fourth-order valence-electron chi connectivity index (χ4n) is 2.80. The van der Waals surface area contributed by atoms with Crippen molar-refractivity contribution >= 4 is 11.9 Å². The maximum Gasteiger partial charge on any atom is 0.311 e. The summed E-state index contributed by atoms with van der Waals surface area (Å²) in [6, 6.07) is 0.118. The van der Waals surface area contributed by atoms with Crippen molar-refractivity contribution < 1.29 is 14.7 Å². The topological polar surface area (TPSA) is 69.6 Å². The predicted octanol–water partition coefficient (Wildman–Crippen LogP) is 1.09. The number of likely N-dealkylation sites (tertiary alicyclic amines) is 1. The Hall–Kier alpha value is -1.10. The summed E-state index contributed by atoms with van der Waals surface area (Å²) in [5.74, 6) is -0.624. The minimum Gasteiger partial charge on any atom is -0.481 e. The van der Waals surface area contributed by atoms with E-state index in [0.29, 0.717) is 25.6 Å². The molecule has 1 aliphatic carbocycles. The SMILES string of the molecule is CC(C(=O)NC1CC1)N1CCC(C(=O)O)(C(C)C)C1. The van der Waals surface area contributed by atoms with E-state index in [1.54, 1.807) is 0 Å². The Kier molecular flexibility index (Phi) is 3.85. The Morgan fingerprint density at radius 3 is 2.37 bits per heavy atom. The lowest BCUT2D eigenvalue weighted by Crippen LogP contribution is -2.47. The van der Waals surface area contributed by atoms with E-state index in [2.05, 4.69) is 5.32 Å². The Morgan fingerprint density at radius 2 is 1.95 bits per heavy atom. The van der Waals surface area contributed by atoms with Crippen molar-refractivity contribution in [3.8, 4) is 0 Å². The van der Waals surface area contributed by atoms with Crippen LogP contribution >= 0.6 is 0 Å². The number of amides is 1. The molecule has 1 saturated carbocycles. The molecule has 2 unspecified atom stereocenters. The van der Waals surface area contributed by atoms with E-state index >= 15 is 0 Å². The van der Waals surface area contributed by atoms with Crippen LogP contribution in [0.5, 0.6) is 0 Å². The van der Waals surface area contributed by atoms with Crippen molar-refractivity contribution in [1.29, 1.82) is 0 Å². The number of nitrogens with zero attached hydrogens (tertiary/aromatic N) is 1. The Bertz CT molecular complexity index is 379. The Labute approximate surface area is 114 Å². The Balaban J connectivity index is 1.99. The van der Waals surface area contributed by atoms with Crippen molar-refractivity contribution in [2.75, 3.05) is 13.1 Å². The summed E-state index contributed by atoms with van der Waals surface area (Å²) in [5, 5.41) is 12.5. The fraction of sp³-hybridized carbons (Fsp3) is 0.857. The highest BCUT2D eigenvalue weighted by Crippen LogP contribution is 2.39. The maximum absolute atomic E-state index is 12.0. The smallest absolute Gasteiger partial charge is 0.311 e. The zero-order valence-electron chi connectivity index (χ0n) is 12.0. The average Bonchev–Trinajstić information content (AvgIpc) is 3.02. The van der Waals surface area contributed by atoms with Crippen LogP contribution < -0.4 is 5.32 Å². The molecule has 2 atom stereocenters. The fourth-order valence-corrected chi connectivity index (χ4v) is 2.80. The molecular weight excluding hydrogens is 244 g/mol. The minimum atomic E-state index is -0.736. The van der Waals surface area contributed by atoms with Crippen molar-refractivity contribution in [3.05, 3.63) is 0 Å². The lowest BCUT2D eigenvalue weighted by molar-refractivity contribution is -0.151. The molecule has 0 aromatic rings. The molecule has 1 amide bonds. The van der Waals surface area contributed by atoms with Crippen LogP contribution in [0.4, 0.5) is 0 Å². The van der Waals surface area contributed by atoms with Gasteiger partial charge in [0.1, 0.15) is 0 Å². The summed E-state index contributed by atoms with van der Waals surface area (Å²) in [5.41, 5.74) is -0.700. The quantitative estimate of drug-likeness (QED) is 0.783. The first-order valence-electron chi connectivity index (χ1n) is 7.14. The van der Waals surface area contributed by atoms with Gasteiger partial charge in [0.15, 0.2) is 0 Å². The van der Waals surface area contributed by atoms with Crippen LogP contribution in [0.1, 0.15) is 40.0 Å². The maximum atomic E-state index is 12.0. The van der Waals surface area contributed by atoms with Crippen LogP contribution in [0, 0.1) is 11.3 Å². The molecular formula is C14H24N2O3. The minimum absolute atomic E-state index is 0.0347. The van der Waals surface area contributed by atoms with Crippen LogP contribution in [-0.4, -0.2) is 47.1 Å². The molecule has 1 saturated heterocycles. The summed E-state index contributed by atoms with van der Waals surface area (Å²) >= 11 is 0. The van der Waals surface area contributed by atoms with Gasteiger partial charge in [-0.05, 0) is 32.1 Å². The zero-order valence-corrected chi connectivity index (χ0v) is 12.0. The molecule has 0 bridgehead atoms. The van der Waals surface area contributed by atoms with Crippen molar-refractivity contribution in [3.63, 3.8) is 0 Å². The van der Waals surface area contributed by atoms with E-state index in [9.17, 15) is 14.7 Å². The van der Waals surface area contributed by atoms with Crippen LogP contribution in [0.2, 0.25) is 0 Å². The van der Waals surface area contributed by atoms with E-state index in [4.69, 9.17) is 0 Å². The van der Waals surface area contributed by atoms with E-state index in [1.165, 1.54) is 0 Å². The van der Waals surface area contributed by atoms with Gasteiger partial charge < -0.3 is 10.4 Å². The first kappa shape index (κ1) is 14.3. The first-order valence-corrected chi connectivity index (χ1v) is 7.14. The number of carboxylic acids is 1. The summed E-state index contributed by atoms with van der Waals surface area (Å²) in [6.07, 6.45) is 2.77. The first-order chi connectivity index (χ1) is 8.86. The monoisotopic (exact) mass is 268 g/mol. The molecule has 0 aromatic heterocycles. The highest BCUT2D eigenvalue weighted by molar-refractivity contribution is 5.82. The lowest BCUT2D eigenvalue weighted by atomic mass is 9.76. The highest BCUT2D eigenvalue weighted by atomic mass is 16.4. The summed E-state index contributed by atoms with van der Waals surface area (Å²) in [4.78, 5) is 25.6. The van der Waals surface area contributed by atoms with Gasteiger partial charge in [0.25, 0.3) is 0 Å². The van der Waals surface area contributed by atoms with Gasteiger partial charge in [-0.1, -0.05) is 13.8 Å². The number of carbonyl (C=O) groups excluding carboxylic acids is 1. The summed E-state index contributed by atoms with van der Waals surface area (Å²) in [7, 11) is 0. The van der Waals surface area contributed by atoms with E-state index in [1.807, 2.05) is 25.7 Å². The van der Waals surface area contributed by atoms with Gasteiger partial charge >= 0.3 is 5.97 Å². The normalized spacial score (nSPS) is 29.5. The van der Waals surface area contributed by atoms with E-state index in [-0.39, 0.29) is 17.9 Å². The van der Waals surface area contributed by atoms with Gasteiger partial charge in [-0.2, -0.15) is 0 Å². The third-order valence-corrected chi connectivity index (χ3v) is 4.71. The summed E-state index contributed by atoms with van der Waals surface area (Å²) < 4.78 is 0. The van der Waals surface area contributed by atoms with Gasteiger partial charge in [0.2, 0.25) is 5.91 Å². The molecule has 0 radical (unpaired) electrons. The Morgan fingerprint density at radius 1 is 1.32 bits per heavy atom. The largest absolute Gasteiger partial charge is 0.481 e. The van der Waals surface area contributed by atoms with Crippen LogP contribution in [0.3, 0.4) is 0 Å². The standard InChI is InChI=1S/C14H24N2O3/c1-9(2)14(13(18)19)6-7-16(8-14)10(3)12(17)15-11-4-5-11/h9-11H,4-8H2,1-3H3,(H,15,17)(H,18,19). The number of hydrogen-bond acceptors (Lipinski definition) is 3. The number of hydrogen-bond donors (Lipinski definition) is 2. The molecule has 5 heteroatoms. The van der Waals surface area contributed by atoms with E-state index < -0.39 is 11.4 Å². The van der Waals surface area contributed by atoms with Gasteiger partial charge in [-0.15, -0.1) is 0 Å². The molecule has 1 aliphatic heterocycles. The van der Waals surface area contributed by atoms with Gasteiger partial charge in [-0.3, -0.25) is 14.5 Å². The second-order valence-corrected chi connectivity index (χ2v) is 6.30. The lowest BCUT2D eigenvalue weighted by Gasteiger charge is -2.30. The average molecular weight is 268 g/mol. The third-order valence-electron chi connectivity index (χ3n) is 4.71.